The molecule has 2 aromatic rings. The number of nitrogens with two attached hydrogens (primary N) is 1. The lowest BCUT2D eigenvalue weighted by molar-refractivity contribution is 0.746. The van der Waals surface area contributed by atoms with Crippen LogP contribution in [-0.4, -0.2) is 9.97 Å². The standard InChI is InChI=1S/C10H10IN3/c11-7-5-14-9-8(7)6(1-4-13-9)10(12)2-3-10/h1,4-5H,2-3,12H2,(H,13,14). The number of aromatic amines is 1. The van der Waals surface area contributed by atoms with Gasteiger partial charge in [0.15, 0.2) is 0 Å². The Hall–Kier alpha value is -0.620. The van der Waals surface area contributed by atoms with E-state index in [1.165, 1.54) is 14.5 Å². The van der Waals surface area contributed by atoms with Gasteiger partial charge in [0, 0.05) is 26.9 Å². The second-order valence-corrected chi connectivity index (χ2v) is 5.04. The number of fused-ring (bicyclic) bond motifs is 1. The van der Waals surface area contributed by atoms with Crippen molar-refractivity contribution >= 4 is 33.6 Å². The van der Waals surface area contributed by atoms with Crippen LogP contribution in [-0.2, 0) is 5.54 Å². The van der Waals surface area contributed by atoms with E-state index in [0.29, 0.717) is 0 Å². The lowest BCUT2D eigenvalue weighted by Gasteiger charge is -2.10. The van der Waals surface area contributed by atoms with Crippen molar-refractivity contribution in [3.8, 4) is 0 Å². The number of aromatic nitrogens is 2. The van der Waals surface area contributed by atoms with E-state index in [2.05, 4.69) is 32.6 Å². The molecule has 14 heavy (non-hydrogen) atoms. The zero-order valence-corrected chi connectivity index (χ0v) is 9.71. The fraction of sp³-hybridized carbons (Fsp3) is 0.300. The van der Waals surface area contributed by atoms with E-state index < -0.39 is 0 Å². The SMILES string of the molecule is NC1(c2ccnc3[nH]cc(I)c23)CC1. The van der Waals surface area contributed by atoms with Crippen molar-refractivity contribution in [2.45, 2.75) is 18.4 Å². The second-order valence-electron chi connectivity index (χ2n) is 3.87. The fourth-order valence-corrected chi connectivity index (χ4v) is 2.54. The van der Waals surface area contributed by atoms with Crippen LogP contribution in [0.15, 0.2) is 18.5 Å². The predicted molar refractivity (Wildman–Crippen MR) is 63.9 cm³/mol. The molecule has 0 atom stereocenters. The molecule has 1 fully saturated rings. The zero-order chi connectivity index (χ0) is 9.76. The highest BCUT2D eigenvalue weighted by atomic mass is 127. The van der Waals surface area contributed by atoms with Crippen LogP contribution in [0.2, 0.25) is 0 Å². The van der Waals surface area contributed by atoms with Crippen LogP contribution in [0, 0.1) is 3.57 Å². The molecular weight excluding hydrogens is 289 g/mol. The van der Waals surface area contributed by atoms with Gasteiger partial charge in [-0.05, 0) is 47.1 Å². The molecule has 0 bridgehead atoms. The maximum absolute atomic E-state index is 6.22. The molecule has 4 heteroatoms. The highest BCUT2D eigenvalue weighted by molar-refractivity contribution is 14.1. The molecule has 1 saturated carbocycles. The van der Waals surface area contributed by atoms with Gasteiger partial charge in [-0.25, -0.2) is 4.98 Å². The average molecular weight is 299 g/mol. The van der Waals surface area contributed by atoms with E-state index in [-0.39, 0.29) is 5.54 Å². The van der Waals surface area contributed by atoms with Crippen LogP contribution < -0.4 is 5.73 Å². The quantitative estimate of drug-likeness (QED) is 0.792. The Kier molecular flexibility index (Phi) is 1.67. The van der Waals surface area contributed by atoms with E-state index in [0.717, 1.165) is 18.5 Å². The summed E-state index contributed by atoms with van der Waals surface area (Å²) in [6.07, 6.45) is 5.99. The van der Waals surface area contributed by atoms with E-state index in [9.17, 15) is 0 Å². The van der Waals surface area contributed by atoms with Crippen LogP contribution in [0.3, 0.4) is 0 Å². The number of rotatable bonds is 1. The highest BCUT2D eigenvalue weighted by Gasteiger charge is 2.41. The Morgan fingerprint density at radius 3 is 3.00 bits per heavy atom. The van der Waals surface area contributed by atoms with Crippen molar-refractivity contribution in [3.05, 3.63) is 27.6 Å². The maximum atomic E-state index is 6.22. The molecule has 2 aromatic heterocycles. The van der Waals surface area contributed by atoms with Gasteiger partial charge < -0.3 is 10.7 Å². The van der Waals surface area contributed by atoms with Gasteiger partial charge in [-0.15, -0.1) is 0 Å². The van der Waals surface area contributed by atoms with Crippen LogP contribution in [0.25, 0.3) is 11.0 Å². The lowest BCUT2D eigenvalue weighted by atomic mass is 10.0. The van der Waals surface area contributed by atoms with Crippen LogP contribution in [0.5, 0.6) is 0 Å². The first-order valence-electron chi connectivity index (χ1n) is 4.62. The molecule has 0 aromatic carbocycles. The minimum atomic E-state index is -0.0801. The molecule has 1 aliphatic rings. The monoisotopic (exact) mass is 299 g/mol. The van der Waals surface area contributed by atoms with Crippen molar-refractivity contribution < 1.29 is 0 Å². The number of hydrogen-bond acceptors (Lipinski definition) is 2. The van der Waals surface area contributed by atoms with Crippen molar-refractivity contribution in [2.75, 3.05) is 0 Å². The molecule has 0 spiro atoms. The maximum Gasteiger partial charge on any atom is 0.138 e. The lowest BCUT2D eigenvalue weighted by Crippen LogP contribution is -2.19. The summed E-state index contributed by atoms with van der Waals surface area (Å²) in [4.78, 5) is 7.44. The van der Waals surface area contributed by atoms with Gasteiger partial charge in [-0.2, -0.15) is 0 Å². The number of nitrogens with one attached hydrogen (secondary N) is 1. The van der Waals surface area contributed by atoms with Crippen molar-refractivity contribution in [3.63, 3.8) is 0 Å². The number of halogens is 1. The van der Waals surface area contributed by atoms with E-state index >= 15 is 0 Å². The summed E-state index contributed by atoms with van der Waals surface area (Å²) in [6.45, 7) is 0. The average Bonchev–Trinajstić information content (AvgIpc) is 2.83. The van der Waals surface area contributed by atoms with E-state index in [1.807, 2.05) is 18.5 Å². The number of H-pyrrole nitrogens is 1. The van der Waals surface area contributed by atoms with Gasteiger partial charge in [-0.3, -0.25) is 0 Å². The molecule has 3 nitrogen and oxygen atoms in total. The smallest absolute Gasteiger partial charge is 0.138 e. The van der Waals surface area contributed by atoms with Crippen molar-refractivity contribution in [1.82, 2.24) is 9.97 Å². The summed E-state index contributed by atoms with van der Waals surface area (Å²) < 4.78 is 1.21. The summed E-state index contributed by atoms with van der Waals surface area (Å²) in [5.41, 5.74) is 8.33. The van der Waals surface area contributed by atoms with Crippen LogP contribution in [0.1, 0.15) is 18.4 Å². The van der Waals surface area contributed by atoms with Crippen molar-refractivity contribution in [1.29, 1.82) is 0 Å². The Morgan fingerprint density at radius 2 is 2.29 bits per heavy atom. The first-order valence-corrected chi connectivity index (χ1v) is 5.69. The largest absolute Gasteiger partial charge is 0.345 e. The molecule has 72 valence electrons. The topological polar surface area (TPSA) is 54.7 Å². The van der Waals surface area contributed by atoms with E-state index in [4.69, 9.17) is 5.73 Å². The molecular formula is C10H10IN3. The molecule has 0 saturated heterocycles. The predicted octanol–water partition coefficient (Wildman–Crippen LogP) is 2.12. The molecule has 0 radical (unpaired) electrons. The molecule has 2 heterocycles. The van der Waals surface area contributed by atoms with Gasteiger partial charge in [0.2, 0.25) is 0 Å². The minimum Gasteiger partial charge on any atom is -0.345 e. The van der Waals surface area contributed by atoms with Gasteiger partial charge in [0.25, 0.3) is 0 Å². The molecule has 0 unspecified atom stereocenters. The molecule has 3 N–H and O–H groups in total. The normalized spacial score (nSPS) is 18.7. The molecule has 3 rings (SSSR count). The summed E-state index contributed by atoms with van der Waals surface area (Å²) in [5, 5.41) is 1.20. The minimum absolute atomic E-state index is 0.0801. The summed E-state index contributed by atoms with van der Waals surface area (Å²) in [5.74, 6) is 0. The van der Waals surface area contributed by atoms with Gasteiger partial charge in [0.05, 0.1) is 0 Å². The fourth-order valence-electron chi connectivity index (χ4n) is 1.84. The third-order valence-electron chi connectivity index (χ3n) is 2.85. The van der Waals surface area contributed by atoms with Gasteiger partial charge in [-0.1, -0.05) is 0 Å². The van der Waals surface area contributed by atoms with E-state index in [1.54, 1.807) is 0 Å². The highest BCUT2D eigenvalue weighted by Crippen LogP contribution is 2.45. The summed E-state index contributed by atoms with van der Waals surface area (Å²) in [6, 6.07) is 2.05. The van der Waals surface area contributed by atoms with Crippen molar-refractivity contribution in [2.24, 2.45) is 5.73 Å². The number of pyridine rings is 1. The summed E-state index contributed by atoms with van der Waals surface area (Å²) >= 11 is 2.32. The van der Waals surface area contributed by atoms with Gasteiger partial charge in [0.1, 0.15) is 5.65 Å². The Morgan fingerprint density at radius 1 is 1.50 bits per heavy atom. The first-order chi connectivity index (χ1) is 6.71. The first kappa shape index (κ1) is 8.67. The van der Waals surface area contributed by atoms with Gasteiger partial charge >= 0.3 is 0 Å². The molecule has 1 aliphatic carbocycles. The number of hydrogen-bond donors (Lipinski definition) is 2. The number of nitrogens with zero attached hydrogens (tertiary/aromatic N) is 1. The third kappa shape index (κ3) is 1.10. The molecule has 0 amide bonds. The third-order valence-corrected chi connectivity index (χ3v) is 3.70. The Balaban J connectivity index is 2.37. The summed E-state index contributed by atoms with van der Waals surface area (Å²) in [7, 11) is 0. The van der Waals surface area contributed by atoms with Crippen LogP contribution >= 0.6 is 22.6 Å². The van der Waals surface area contributed by atoms with Crippen LogP contribution in [0.4, 0.5) is 0 Å². The Bertz CT molecular complexity index is 499. The second kappa shape index (κ2) is 2.70. The Labute approximate surface area is 95.2 Å². The molecule has 0 aliphatic heterocycles. The zero-order valence-electron chi connectivity index (χ0n) is 7.55.